The predicted molar refractivity (Wildman–Crippen MR) is 154 cm³/mol. The van der Waals surface area contributed by atoms with Gasteiger partial charge in [-0.15, -0.1) is 0 Å². The molecule has 206 valence electrons. The van der Waals surface area contributed by atoms with Gasteiger partial charge in [0.2, 0.25) is 0 Å². The van der Waals surface area contributed by atoms with E-state index in [9.17, 15) is 0 Å². The summed E-state index contributed by atoms with van der Waals surface area (Å²) in [6, 6.07) is 12.5. The van der Waals surface area contributed by atoms with Gasteiger partial charge in [-0.1, -0.05) is 60.6 Å². The third-order valence-corrected chi connectivity index (χ3v) is 6.78. The van der Waals surface area contributed by atoms with E-state index in [1.807, 2.05) is 39.8 Å². The van der Waals surface area contributed by atoms with Gasteiger partial charge in [0.15, 0.2) is 23.0 Å². The third kappa shape index (κ3) is 9.57. The Morgan fingerprint density at radius 2 is 1.22 bits per heavy atom. The van der Waals surface area contributed by atoms with Crippen LogP contribution in [0.3, 0.4) is 0 Å². The van der Waals surface area contributed by atoms with Crippen molar-refractivity contribution in [3.8, 4) is 23.0 Å². The minimum absolute atomic E-state index is 0.0732. The number of methoxy groups -OCH3 is 4. The highest BCUT2D eigenvalue weighted by molar-refractivity contribution is 5.45. The number of benzene rings is 2. The molecule has 0 radical (unpaired) electrons. The number of ether oxygens (including phenoxy) is 4. The molecule has 0 bridgehead atoms. The molecule has 36 heavy (non-hydrogen) atoms. The molecule has 0 aromatic heterocycles. The predicted octanol–water partition coefficient (Wildman–Crippen LogP) is 7.64. The fraction of sp³-hybridized carbons (Fsp3) is 0.613. The lowest BCUT2D eigenvalue weighted by atomic mass is 9.70. The summed E-state index contributed by atoms with van der Waals surface area (Å²) in [6.45, 7) is 17.0. The van der Waals surface area contributed by atoms with E-state index in [1.165, 1.54) is 11.1 Å². The first-order valence-corrected chi connectivity index (χ1v) is 13.4. The monoisotopic (exact) mass is 503 g/mol. The maximum Gasteiger partial charge on any atom is 0.161 e. The lowest BCUT2D eigenvalue weighted by Gasteiger charge is -2.35. The van der Waals surface area contributed by atoms with Crippen molar-refractivity contribution in [2.75, 3.05) is 48.6 Å². The summed E-state index contributed by atoms with van der Waals surface area (Å²) >= 11 is 0. The topological polar surface area (TPSA) is 40.2 Å². The van der Waals surface area contributed by atoms with Gasteiger partial charge < -0.3 is 23.8 Å². The zero-order valence-electron chi connectivity index (χ0n) is 25.2. The molecular weight excluding hydrogens is 450 g/mol. The highest BCUT2D eigenvalue weighted by Gasteiger charge is 2.31. The zero-order valence-corrected chi connectivity index (χ0v) is 25.2. The molecule has 0 saturated carbocycles. The van der Waals surface area contributed by atoms with Crippen LogP contribution in [0.25, 0.3) is 0 Å². The lowest BCUT2D eigenvalue weighted by molar-refractivity contribution is 0.267. The standard InChI is InChI=1S/C27H41NO4.2C2H6/c1-20(2)27(3,22-11-13-24(30-6)26(19-22)32-8)15-9-16-28(4)17-14-21-10-12-23(29-5)25(18-21)31-7;2*1-2/h10-13,18-20H,9,14-17H2,1-8H3;2*1-2H3. The maximum absolute atomic E-state index is 5.55. The van der Waals surface area contributed by atoms with Crippen LogP contribution >= 0.6 is 0 Å². The van der Waals surface area contributed by atoms with Crippen LogP contribution < -0.4 is 18.9 Å². The number of rotatable bonds is 13. The summed E-state index contributed by atoms with van der Waals surface area (Å²) in [5, 5.41) is 0. The molecule has 0 amide bonds. The fourth-order valence-electron chi connectivity index (χ4n) is 4.14. The van der Waals surface area contributed by atoms with Crippen molar-refractivity contribution >= 4 is 0 Å². The Morgan fingerprint density at radius 3 is 1.72 bits per heavy atom. The van der Waals surface area contributed by atoms with Crippen LogP contribution in [0.1, 0.15) is 72.4 Å². The average molecular weight is 504 g/mol. The molecular formula is C31H53NO4. The van der Waals surface area contributed by atoms with Crippen LogP contribution in [-0.2, 0) is 11.8 Å². The Kier molecular flexibility index (Phi) is 16.7. The molecule has 0 fully saturated rings. The van der Waals surface area contributed by atoms with E-state index in [-0.39, 0.29) is 5.41 Å². The molecule has 5 heteroatoms. The van der Waals surface area contributed by atoms with Crippen molar-refractivity contribution in [1.82, 2.24) is 4.90 Å². The molecule has 0 aliphatic rings. The number of hydrogen-bond donors (Lipinski definition) is 0. The smallest absolute Gasteiger partial charge is 0.161 e. The van der Waals surface area contributed by atoms with Crippen molar-refractivity contribution in [3.63, 3.8) is 0 Å². The van der Waals surface area contributed by atoms with Crippen molar-refractivity contribution in [3.05, 3.63) is 47.5 Å². The summed E-state index contributed by atoms with van der Waals surface area (Å²) in [4.78, 5) is 2.41. The molecule has 2 aromatic carbocycles. The Bertz CT molecular complexity index is 852. The van der Waals surface area contributed by atoms with Gasteiger partial charge in [0, 0.05) is 6.54 Å². The Balaban J connectivity index is 0.00000291. The second kappa shape index (κ2) is 17.9. The molecule has 0 heterocycles. The quantitative estimate of drug-likeness (QED) is 0.281. The van der Waals surface area contributed by atoms with Gasteiger partial charge >= 0.3 is 0 Å². The highest BCUT2D eigenvalue weighted by atomic mass is 16.5. The minimum Gasteiger partial charge on any atom is -0.493 e. The Hall–Kier alpha value is -2.40. The van der Waals surface area contributed by atoms with Gasteiger partial charge in [-0.2, -0.15) is 0 Å². The fourth-order valence-corrected chi connectivity index (χ4v) is 4.14. The van der Waals surface area contributed by atoms with Gasteiger partial charge in [0.05, 0.1) is 28.4 Å². The first-order chi connectivity index (χ1) is 17.3. The second-order valence-electron chi connectivity index (χ2n) is 8.99. The van der Waals surface area contributed by atoms with E-state index in [2.05, 4.69) is 57.0 Å². The molecule has 2 aromatic rings. The van der Waals surface area contributed by atoms with E-state index in [0.29, 0.717) is 5.92 Å². The van der Waals surface area contributed by atoms with E-state index >= 15 is 0 Å². The van der Waals surface area contributed by atoms with Crippen molar-refractivity contribution in [2.45, 2.75) is 73.1 Å². The van der Waals surface area contributed by atoms with Crippen LogP contribution in [0.5, 0.6) is 23.0 Å². The van der Waals surface area contributed by atoms with Gasteiger partial charge in [-0.25, -0.2) is 0 Å². The summed E-state index contributed by atoms with van der Waals surface area (Å²) < 4.78 is 21.7. The van der Waals surface area contributed by atoms with Crippen LogP contribution in [0.4, 0.5) is 0 Å². The van der Waals surface area contributed by atoms with E-state index in [1.54, 1.807) is 28.4 Å². The number of hydrogen-bond acceptors (Lipinski definition) is 5. The number of nitrogens with zero attached hydrogens (tertiary/aromatic N) is 1. The van der Waals surface area contributed by atoms with Gasteiger partial charge in [-0.05, 0) is 79.6 Å². The molecule has 0 aliphatic heterocycles. The molecule has 0 saturated heterocycles. The molecule has 1 atom stereocenters. The van der Waals surface area contributed by atoms with Crippen molar-refractivity contribution in [1.29, 1.82) is 0 Å². The SMILES string of the molecule is CC.CC.COc1ccc(CCN(C)CCCC(C)(c2ccc(OC)c(OC)c2)C(C)C)cc1OC. The summed E-state index contributed by atoms with van der Waals surface area (Å²) in [6.07, 6.45) is 3.22. The zero-order chi connectivity index (χ0) is 27.7. The van der Waals surface area contributed by atoms with Crippen LogP contribution in [0.2, 0.25) is 0 Å². The average Bonchev–Trinajstić information content (AvgIpc) is 2.93. The van der Waals surface area contributed by atoms with Gasteiger partial charge in [-0.3, -0.25) is 0 Å². The van der Waals surface area contributed by atoms with Crippen LogP contribution in [0, 0.1) is 5.92 Å². The summed E-state index contributed by atoms with van der Waals surface area (Å²) in [5.41, 5.74) is 2.63. The molecule has 2 rings (SSSR count). The molecule has 0 N–H and O–H groups in total. The molecule has 0 spiro atoms. The summed E-state index contributed by atoms with van der Waals surface area (Å²) in [7, 11) is 8.92. The Labute approximate surface area is 222 Å². The lowest BCUT2D eigenvalue weighted by Crippen LogP contribution is -2.31. The van der Waals surface area contributed by atoms with Crippen molar-refractivity contribution in [2.24, 2.45) is 5.92 Å². The largest absolute Gasteiger partial charge is 0.493 e. The maximum atomic E-state index is 5.55. The third-order valence-electron chi connectivity index (χ3n) is 6.78. The van der Waals surface area contributed by atoms with E-state index < -0.39 is 0 Å². The molecule has 5 nitrogen and oxygen atoms in total. The Morgan fingerprint density at radius 1 is 0.722 bits per heavy atom. The van der Waals surface area contributed by atoms with E-state index in [0.717, 1.165) is 55.4 Å². The minimum atomic E-state index is 0.0732. The second-order valence-corrected chi connectivity index (χ2v) is 8.99. The van der Waals surface area contributed by atoms with Gasteiger partial charge in [0.1, 0.15) is 0 Å². The van der Waals surface area contributed by atoms with Crippen LogP contribution in [0.15, 0.2) is 36.4 Å². The normalized spacial score (nSPS) is 12.1. The molecule has 1 unspecified atom stereocenters. The van der Waals surface area contributed by atoms with Crippen LogP contribution in [-0.4, -0.2) is 53.5 Å². The number of likely N-dealkylation sites (N-methyl/N-ethyl adjacent to an activating group) is 1. The summed E-state index contributed by atoms with van der Waals surface area (Å²) in [5.74, 6) is 3.64. The van der Waals surface area contributed by atoms with Crippen molar-refractivity contribution < 1.29 is 18.9 Å². The first kappa shape index (κ1) is 33.6. The van der Waals surface area contributed by atoms with E-state index in [4.69, 9.17) is 18.9 Å². The van der Waals surface area contributed by atoms with Gasteiger partial charge in [0.25, 0.3) is 0 Å². The first-order valence-electron chi connectivity index (χ1n) is 13.4. The highest BCUT2D eigenvalue weighted by Crippen LogP contribution is 2.40. The molecule has 0 aliphatic carbocycles.